The Balaban J connectivity index is 1.09. The van der Waals surface area contributed by atoms with Crippen molar-refractivity contribution in [1.29, 1.82) is 0 Å². The minimum atomic E-state index is -3.77. The molecule has 0 aliphatic carbocycles. The van der Waals surface area contributed by atoms with E-state index in [1.54, 1.807) is 42.5 Å². The van der Waals surface area contributed by atoms with Gasteiger partial charge in [0.25, 0.3) is 0 Å². The van der Waals surface area contributed by atoms with Crippen molar-refractivity contribution >= 4 is 31.9 Å². The highest BCUT2D eigenvalue weighted by molar-refractivity contribution is 7.89. The number of hydrogen-bond acceptors (Lipinski definition) is 10. The Morgan fingerprint density at radius 1 is 0.980 bits per heavy atom. The lowest BCUT2D eigenvalue weighted by Crippen LogP contribution is -2.47. The second-order valence-corrected chi connectivity index (χ2v) is 16.3. The smallest absolute Gasteiger partial charge is 0.312 e. The molecular formula is C34H42N4O10S2. The molecule has 2 aliphatic rings. The topological polar surface area (TPSA) is 201 Å². The number of nitrogens with zero attached hydrogens (tertiary/aromatic N) is 1. The lowest BCUT2D eigenvalue weighted by Gasteiger charge is -2.38. The van der Waals surface area contributed by atoms with Crippen molar-refractivity contribution < 1.29 is 46.1 Å². The molecule has 270 valence electrons. The van der Waals surface area contributed by atoms with E-state index in [0.717, 1.165) is 16.7 Å². The van der Waals surface area contributed by atoms with Gasteiger partial charge in [0.2, 0.25) is 26.0 Å². The number of carboxylic acids is 1. The minimum absolute atomic E-state index is 0.0269. The molecule has 2 aliphatic heterocycles. The van der Waals surface area contributed by atoms with Crippen LogP contribution in [0.1, 0.15) is 31.2 Å². The second-order valence-electron chi connectivity index (χ2n) is 12.4. The molecule has 50 heavy (non-hydrogen) atoms. The number of aliphatic carboxylic acids is 1. The molecule has 3 aromatic rings. The van der Waals surface area contributed by atoms with Gasteiger partial charge in [-0.15, -0.1) is 0 Å². The average molecular weight is 731 g/mol. The maximum Gasteiger partial charge on any atom is 0.312 e. The highest BCUT2D eigenvalue weighted by Gasteiger charge is 2.44. The van der Waals surface area contributed by atoms with Gasteiger partial charge in [0.05, 0.1) is 22.0 Å². The molecule has 5 N–H and O–H groups in total. The van der Waals surface area contributed by atoms with Gasteiger partial charge in [-0.2, -0.15) is 4.31 Å². The number of benzene rings is 3. The predicted molar refractivity (Wildman–Crippen MR) is 183 cm³/mol. The third-order valence-electron chi connectivity index (χ3n) is 8.87. The molecule has 2 atom stereocenters. The predicted octanol–water partition coefficient (Wildman–Crippen LogP) is 1.69. The standard InChI is InChI=1S/C34H42N4O10S2/c1-35-49(43,44)30-6-3-5-29(17-30)47-23-28(39)21-36-27-19-34(48-22-27)12-14-38(15-13-34)50(45,46)31-7-2-4-26(16-31)25-10-8-24(9-11-25)20-37-32(40)18-33(41)42/h2-11,16-17,27-28,35-36,39H,12-15,18-23H2,1H3,(H,37,40)(H,41,42)/t27?,28-/m0/s1. The van der Waals surface area contributed by atoms with Crippen LogP contribution in [0.3, 0.4) is 0 Å². The number of nitrogens with one attached hydrogen (secondary N) is 3. The summed E-state index contributed by atoms with van der Waals surface area (Å²) in [6, 6.07) is 20.0. The Morgan fingerprint density at radius 3 is 2.38 bits per heavy atom. The van der Waals surface area contributed by atoms with Crippen LogP contribution in [0.2, 0.25) is 0 Å². The number of carbonyl (C=O) groups excluding carboxylic acids is 1. The van der Waals surface area contributed by atoms with Crippen molar-refractivity contribution in [3.63, 3.8) is 0 Å². The maximum atomic E-state index is 13.7. The van der Waals surface area contributed by atoms with Gasteiger partial charge < -0.3 is 30.3 Å². The molecule has 1 unspecified atom stereocenters. The summed E-state index contributed by atoms with van der Waals surface area (Å²) in [5.41, 5.74) is 1.83. The molecule has 5 rings (SSSR count). The molecule has 0 saturated carbocycles. The molecule has 14 nitrogen and oxygen atoms in total. The van der Waals surface area contributed by atoms with E-state index in [1.165, 1.54) is 23.5 Å². The van der Waals surface area contributed by atoms with Crippen LogP contribution >= 0.6 is 0 Å². The van der Waals surface area contributed by atoms with Crippen molar-refractivity contribution in [2.45, 2.75) is 59.8 Å². The monoisotopic (exact) mass is 730 g/mol. The molecule has 3 aromatic carbocycles. The van der Waals surface area contributed by atoms with Crippen molar-refractivity contribution in [2.75, 3.05) is 39.9 Å². The molecular weight excluding hydrogens is 689 g/mol. The van der Waals surface area contributed by atoms with Crippen LogP contribution in [0.4, 0.5) is 0 Å². The van der Waals surface area contributed by atoms with E-state index >= 15 is 0 Å². The molecule has 1 spiro atoms. The fourth-order valence-electron chi connectivity index (χ4n) is 6.06. The number of amides is 1. The highest BCUT2D eigenvalue weighted by atomic mass is 32.2. The van der Waals surface area contributed by atoms with E-state index in [2.05, 4.69) is 15.4 Å². The summed E-state index contributed by atoms with van der Waals surface area (Å²) in [7, 11) is -6.06. The number of carbonyl (C=O) groups is 2. The van der Waals surface area contributed by atoms with Gasteiger partial charge in [-0.1, -0.05) is 42.5 Å². The number of ether oxygens (including phenoxy) is 2. The summed E-state index contributed by atoms with van der Waals surface area (Å²) in [5, 5.41) is 25.1. The van der Waals surface area contributed by atoms with Gasteiger partial charge in [0.15, 0.2) is 0 Å². The van der Waals surface area contributed by atoms with Crippen LogP contribution in [0.15, 0.2) is 82.6 Å². The minimum Gasteiger partial charge on any atom is -0.491 e. The molecule has 2 saturated heterocycles. The van der Waals surface area contributed by atoms with Crippen LogP contribution < -0.4 is 20.1 Å². The fraction of sp³-hybridized carbons (Fsp3) is 0.412. The first-order valence-corrected chi connectivity index (χ1v) is 19.1. The lowest BCUT2D eigenvalue weighted by molar-refractivity contribution is -0.140. The fourth-order valence-corrected chi connectivity index (χ4v) is 8.31. The van der Waals surface area contributed by atoms with Gasteiger partial charge in [-0.05, 0) is 67.3 Å². The number of aliphatic hydroxyl groups is 1. The van der Waals surface area contributed by atoms with Crippen molar-refractivity contribution in [2.24, 2.45) is 0 Å². The quantitative estimate of drug-likeness (QED) is 0.143. The summed E-state index contributed by atoms with van der Waals surface area (Å²) in [5.74, 6) is -1.45. The Labute approximate surface area is 291 Å². The van der Waals surface area contributed by atoms with Crippen molar-refractivity contribution in [1.82, 2.24) is 19.7 Å². The lowest BCUT2D eigenvalue weighted by atomic mass is 9.88. The SMILES string of the molecule is CNS(=O)(=O)c1cccc(OC[C@@H](O)CNC2COC3(CCN(S(=O)(=O)c4cccc(-c5ccc(CNC(=O)CC(=O)O)cc5)c4)CC3)C2)c1. The Hall–Kier alpha value is -3.90. The third kappa shape index (κ3) is 9.45. The zero-order chi connectivity index (χ0) is 35.9. The Morgan fingerprint density at radius 2 is 1.68 bits per heavy atom. The van der Waals surface area contributed by atoms with E-state index < -0.39 is 50.0 Å². The first kappa shape index (κ1) is 37.4. The van der Waals surface area contributed by atoms with Crippen LogP contribution in [-0.4, -0.2) is 101 Å². The molecule has 16 heteroatoms. The summed E-state index contributed by atoms with van der Waals surface area (Å²) in [4.78, 5) is 22.5. The third-order valence-corrected chi connectivity index (χ3v) is 12.2. The summed E-state index contributed by atoms with van der Waals surface area (Å²) in [6.45, 7) is 1.42. The second kappa shape index (κ2) is 16.0. The highest BCUT2D eigenvalue weighted by Crippen LogP contribution is 2.37. The zero-order valence-corrected chi connectivity index (χ0v) is 29.2. The molecule has 0 bridgehead atoms. The number of piperidine rings is 1. The zero-order valence-electron chi connectivity index (χ0n) is 27.6. The Kier molecular flexibility index (Phi) is 11.9. The molecule has 1 amide bonds. The summed E-state index contributed by atoms with van der Waals surface area (Å²) < 4.78 is 66.9. The van der Waals surface area contributed by atoms with Gasteiger partial charge in [-0.3, -0.25) is 9.59 Å². The number of rotatable bonds is 15. The molecule has 2 fully saturated rings. The summed E-state index contributed by atoms with van der Waals surface area (Å²) in [6.07, 6.45) is 0.291. The van der Waals surface area contributed by atoms with Crippen molar-refractivity contribution in [3.8, 4) is 16.9 Å². The van der Waals surface area contributed by atoms with Crippen LogP contribution in [-0.2, 0) is 40.9 Å². The molecule has 2 heterocycles. The van der Waals surface area contributed by atoms with E-state index in [1.807, 2.05) is 18.2 Å². The van der Waals surface area contributed by atoms with Crippen LogP contribution in [0.25, 0.3) is 11.1 Å². The number of aliphatic hydroxyl groups excluding tert-OH is 1. The summed E-state index contributed by atoms with van der Waals surface area (Å²) >= 11 is 0. The largest absolute Gasteiger partial charge is 0.491 e. The van der Waals surface area contributed by atoms with E-state index in [0.29, 0.717) is 44.7 Å². The van der Waals surface area contributed by atoms with E-state index in [9.17, 15) is 31.5 Å². The number of hydrogen-bond donors (Lipinski definition) is 5. The van der Waals surface area contributed by atoms with Gasteiger partial charge in [0.1, 0.15) is 24.9 Å². The van der Waals surface area contributed by atoms with Crippen molar-refractivity contribution in [3.05, 3.63) is 78.4 Å². The van der Waals surface area contributed by atoms with Gasteiger partial charge in [-0.25, -0.2) is 21.6 Å². The first-order chi connectivity index (χ1) is 23.8. The molecule has 0 aromatic heterocycles. The molecule has 0 radical (unpaired) electrons. The van der Waals surface area contributed by atoms with Crippen LogP contribution in [0, 0.1) is 0 Å². The average Bonchev–Trinajstić information content (AvgIpc) is 3.51. The van der Waals surface area contributed by atoms with E-state index in [-0.39, 0.29) is 35.5 Å². The maximum absolute atomic E-state index is 13.7. The van der Waals surface area contributed by atoms with Crippen LogP contribution in [0.5, 0.6) is 5.75 Å². The number of carboxylic acid groups (broad SMARTS) is 1. The normalized spacial score (nSPS) is 18.5. The first-order valence-electron chi connectivity index (χ1n) is 16.2. The van der Waals surface area contributed by atoms with Gasteiger partial charge >= 0.3 is 5.97 Å². The van der Waals surface area contributed by atoms with Gasteiger partial charge in [0, 0.05) is 38.3 Å². The van der Waals surface area contributed by atoms with E-state index in [4.69, 9.17) is 14.6 Å². The Bertz CT molecular complexity index is 1880. The number of sulfonamides is 2.